The Kier molecular flexibility index (Phi) is 4.37. The quantitative estimate of drug-likeness (QED) is 0.694. The van der Waals surface area contributed by atoms with E-state index < -0.39 is 15.4 Å². The van der Waals surface area contributed by atoms with Crippen LogP contribution in [0, 0.1) is 12.3 Å². The highest BCUT2D eigenvalue weighted by atomic mass is 32.2. The number of nitrogens with two attached hydrogens (primary N) is 1. The number of benzene rings is 1. The van der Waals surface area contributed by atoms with Crippen molar-refractivity contribution in [2.24, 2.45) is 5.41 Å². The van der Waals surface area contributed by atoms with Gasteiger partial charge >= 0.3 is 0 Å². The molecule has 0 radical (unpaired) electrons. The molecule has 0 unspecified atom stereocenters. The van der Waals surface area contributed by atoms with Gasteiger partial charge in [0.2, 0.25) is 10.0 Å². The first-order valence-corrected chi connectivity index (χ1v) is 7.12. The van der Waals surface area contributed by atoms with E-state index >= 15 is 0 Å². The number of aliphatic hydroxyl groups is 1. The monoisotopic (exact) mass is 272 g/mol. The molecule has 0 aliphatic heterocycles. The summed E-state index contributed by atoms with van der Waals surface area (Å²) in [6, 6.07) is 4.68. The Morgan fingerprint density at radius 3 is 2.44 bits per heavy atom. The van der Waals surface area contributed by atoms with Crippen LogP contribution < -0.4 is 10.5 Å². The van der Waals surface area contributed by atoms with Crippen molar-refractivity contribution >= 4 is 15.7 Å². The second-order valence-electron chi connectivity index (χ2n) is 5.23. The average molecular weight is 272 g/mol. The van der Waals surface area contributed by atoms with Gasteiger partial charge in [0.25, 0.3) is 0 Å². The highest BCUT2D eigenvalue weighted by Gasteiger charge is 2.21. The van der Waals surface area contributed by atoms with Gasteiger partial charge in [0, 0.05) is 24.3 Å². The Labute approximate surface area is 108 Å². The molecular formula is C12H20N2O3S. The maximum absolute atomic E-state index is 12.1. The van der Waals surface area contributed by atoms with Crippen molar-refractivity contribution in [2.45, 2.75) is 25.7 Å². The molecule has 1 rings (SSSR count). The molecule has 0 aliphatic carbocycles. The number of aryl methyl sites for hydroxylation is 1. The SMILES string of the molecule is Cc1cc(N)cc(S(=O)(=O)NCC(C)(C)CO)c1. The molecule has 0 spiro atoms. The molecule has 1 aromatic carbocycles. The van der Waals surface area contributed by atoms with E-state index in [4.69, 9.17) is 10.8 Å². The minimum Gasteiger partial charge on any atom is -0.399 e. The van der Waals surface area contributed by atoms with Crippen molar-refractivity contribution in [2.75, 3.05) is 18.9 Å². The predicted octanol–water partition coefficient (Wildman–Crippen LogP) is 0.874. The summed E-state index contributed by atoms with van der Waals surface area (Å²) < 4.78 is 26.6. The fraction of sp³-hybridized carbons (Fsp3) is 0.500. The summed E-state index contributed by atoms with van der Waals surface area (Å²) in [5.74, 6) is 0. The molecule has 0 saturated heterocycles. The fourth-order valence-electron chi connectivity index (χ4n) is 1.36. The lowest BCUT2D eigenvalue weighted by Gasteiger charge is -2.21. The lowest BCUT2D eigenvalue weighted by molar-refractivity contribution is 0.163. The number of rotatable bonds is 5. The van der Waals surface area contributed by atoms with Gasteiger partial charge in [-0.05, 0) is 30.7 Å². The first-order chi connectivity index (χ1) is 8.16. The van der Waals surface area contributed by atoms with Crippen molar-refractivity contribution in [1.82, 2.24) is 4.72 Å². The number of anilines is 1. The molecule has 0 amide bonds. The molecule has 4 N–H and O–H groups in total. The summed E-state index contributed by atoms with van der Waals surface area (Å²) >= 11 is 0. The molecule has 0 atom stereocenters. The van der Waals surface area contributed by atoms with Crippen LogP contribution in [-0.2, 0) is 10.0 Å². The largest absolute Gasteiger partial charge is 0.399 e. The maximum atomic E-state index is 12.1. The number of nitrogen functional groups attached to an aromatic ring is 1. The maximum Gasteiger partial charge on any atom is 0.240 e. The van der Waals surface area contributed by atoms with Gasteiger partial charge < -0.3 is 10.8 Å². The third-order valence-corrected chi connectivity index (χ3v) is 3.93. The summed E-state index contributed by atoms with van der Waals surface area (Å²) in [5.41, 5.74) is 6.34. The molecule has 0 saturated carbocycles. The Bertz CT molecular complexity index is 504. The molecule has 0 heterocycles. The van der Waals surface area contributed by atoms with Gasteiger partial charge in [-0.3, -0.25) is 0 Å². The Balaban J connectivity index is 2.93. The highest BCUT2D eigenvalue weighted by Crippen LogP contribution is 2.18. The van der Waals surface area contributed by atoms with Crippen LogP contribution in [0.4, 0.5) is 5.69 Å². The second-order valence-corrected chi connectivity index (χ2v) is 6.99. The zero-order valence-electron chi connectivity index (χ0n) is 10.9. The van der Waals surface area contributed by atoms with E-state index in [0.717, 1.165) is 5.56 Å². The van der Waals surface area contributed by atoms with E-state index in [9.17, 15) is 8.42 Å². The predicted molar refractivity (Wildman–Crippen MR) is 71.6 cm³/mol. The summed E-state index contributed by atoms with van der Waals surface area (Å²) in [6.07, 6.45) is 0. The molecule has 0 aliphatic rings. The van der Waals surface area contributed by atoms with E-state index in [-0.39, 0.29) is 18.0 Å². The highest BCUT2D eigenvalue weighted by molar-refractivity contribution is 7.89. The van der Waals surface area contributed by atoms with Gasteiger partial charge in [-0.1, -0.05) is 13.8 Å². The van der Waals surface area contributed by atoms with Gasteiger partial charge in [0.05, 0.1) is 4.90 Å². The standard InChI is InChI=1S/C12H20N2O3S/c1-9-4-10(13)6-11(5-9)18(16,17)14-7-12(2,3)8-15/h4-6,14-15H,7-8,13H2,1-3H3. The number of aliphatic hydroxyl groups excluding tert-OH is 1. The molecule has 102 valence electrons. The average Bonchev–Trinajstić information content (AvgIpc) is 2.25. The topological polar surface area (TPSA) is 92.4 Å². The van der Waals surface area contributed by atoms with Crippen molar-refractivity contribution in [1.29, 1.82) is 0 Å². The van der Waals surface area contributed by atoms with Gasteiger partial charge in [0.15, 0.2) is 0 Å². The number of hydrogen-bond acceptors (Lipinski definition) is 4. The molecular weight excluding hydrogens is 252 g/mol. The van der Waals surface area contributed by atoms with Crippen LogP contribution in [0.2, 0.25) is 0 Å². The van der Waals surface area contributed by atoms with Gasteiger partial charge in [0.1, 0.15) is 0 Å². The molecule has 0 bridgehead atoms. The molecule has 5 nitrogen and oxygen atoms in total. The van der Waals surface area contributed by atoms with Crippen molar-refractivity contribution in [3.63, 3.8) is 0 Å². The first kappa shape index (κ1) is 14.9. The van der Waals surface area contributed by atoms with Crippen molar-refractivity contribution in [3.8, 4) is 0 Å². The smallest absolute Gasteiger partial charge is 0.240 e. The Morgan fingerprint density at radius 1 is 1.33 bits per heavy atom. The van der Waals surface area contributed by atoms with Crippen LogP contribution in [0.3, 0.4) is 0 Å². The van der Waals surface area contributed by atoms with E-state index in [0.29, 0.717) is 5.69 Å². The zero-order valence-corrected chi connectivity index (χ0v) is 11.7. The molecule has 6 heteroatoms. The lowest BCUT2D eigenvalue weighted by Crippen LogP contribution is -2.36. The van der Waals surface area contributed by atoms with Crippen LogP contribution in [-0.4, -0.2) is 26.7 Å². The first-order valence-electron chi connectivity index (χ1n) is 5.64. The van der Waals surface area contributed by atoms with Crippen LogP contribution >= 0.6 is 0 Å². The fourth-order valence-corrected chi connectivity index (χ4v) is 2.74. The summed E-state index contributed by atoms with van der Waals surface area (Å²) in [6.45, 7) is 5.42. The van der Waals surface area contributed by atoms with E-state index in [1.807, 2.05) is 0 Å². The van der Waals surface area contributed by atoms with Gasteiger partial charge in [-0.15, -0.1) is 0 Å². The number of sulfonamides is 1. The van der Waals surface area contributed by atoms with E-state index in [1.54, 1.807) is 32.9 Å². The number of nitrogens with one attached hydrogen (secondary N) is 1. The number of hydrogen-bond donors (Lipinski definition) is 3. The van der Waals surface area contributed by atoms with Crippen LogP contribution in [0.15, 0.2) is 23.1 Å². The molecule has 0 fully saturated rings. The third kappa shape index (κ3) is 3.97. The van der Waals surface area contributed by atoms with E-state index in [1.165, 1.54) is 6.07 Å². The van der Waals surface area contributed by atoms with Crippen molar-refractivity contribution in [3.05, 3.63) is 23.8 Å². The van der Waals surface area contributed by atoms with Crippen LogP contribution in [0.1, 0.15) is 19.4 Å². The Hall–Kier alpha value is -1.11. The van der Waals surface area contributed by atoms with Crippen LogP contribution in [0.25, 0.3) is 0 Å². The van der Waals surface area contributed by atoms with Crippen LogP contribution in [0.5, 0.6) is 0 Å². The Morgan fingerprint density at radius 2 is 1.94 bits per heavy atom. The second kappa shape index (κ2) is 5.26. The summed E-state index contributed by atoms with van der Waals surface area (Å²) in [5, 5.41) is 9.09. The van der Waals surface area contributed by atoms with E-state index in [2.05, 4.69) is 4.72 Å². The van der Waals surface area contributed by atoms with Gasteiger partial charge in [-0.25, -0.2) is 13.1 Å². The molecule has 0 aromatic heterocycles. The third-order valence-electron chi connectivity index (χ3n) is 2.55. The molecule has 1 aromatic rings. The minimum atomic E-state index is -3.59. The zero-order chi connectivity index (χ0) is 14.0. The van der Waals surface area contributed by atoms with Gasteiger partial charge in [-0.2, -0.15) is 0 Å². The minimum absolute atomic E-state index is 0.0918. The van der Waals surface area contributed by atoms with Crippen molar-refractivity contribution < 1.29 is 13.5 Å². The summed E-state index contributed by atoms with van der Waals surface area (Å²) in [4.78, 5) is 0.147. The lowest BCUT2D eigenvalue weighted by atomic mass is 9.96. The normalized spacial score (nSPS) is 12.7. The summed E-state index contributed by atoms with van der Waals surface area (Å²) in [7, 11) is -3.59. The molecule has 18 heavy (non-hydrogen) atoms.